The molecule has 1 fully saturated rings. The van der Waals surface area contributed by atoms with Crippen LogP contribution < -0.4 is 9.62 Å². The first-order chi connectivity index (χ1) is 13.0. The Morgan fingerprint density at radius 3 is 3.04 bits per heavy atom. The van der Waals surface area contributed by atoms with Gasteiger partial charge in [0.1, 0.15) is 5.65 Å². The maximum Gasteiger partial charge on any atom is 0.217 e. The molecule has 0 aliphatic carbocycles. The number of hydrogen-bond donors (Lipinski definition) is 2. The Kier molecular flexibility index (Phi) is 4.45. The van der Waals surface area contributed by atoms with Crippen LogP contribution >= 0.6 is 0 Å². The number of anilines is 1. The summed E-state index contributed by atoms with van der Waals surface area (Å²) in [7, 11) is -3.55. The molecule has 0 spiro atoms. The van der Waals surface area contributed by atoms with E-state index in [1.807, 2.05) is 18.3 Å². The first-order valence-corrected chi connectivity index (χ1v) is 10.4. The highest BCUT2D eigenvalue weighted by molar-refractivity contribution is 7.90. The summed E-state index contributed by atoms with van der Waals surface area (Å²) in [6, 6.07) is 3.99. The summed E-state index contributed by atoms with van der Waals surface area (Å²) in [5.74, 6) is 0. The Bertz CT molecular complexity index is 1130. The first kappa shape index (κ1) is 17.7. The second-order valence-corrected chi connectivity index (χ2v) is 8.89. The van der Waals surface area contributed by atoms with Crippen LogP contribution in [-0.2, 0) is 10.0 Å². The van der Waals surface area contributed by atoms with Crippen molar-refractivity contribution in [2.45, 2.75) is 31.1 Å². The Labute approximate surface area is 157 Å². The number of pyridine rings is 2. The molecule has 140 valence electrons. The average molecular weight is 384 g/mol. The zero-order valence-electron chi connectivity index (χ0n) is 14.9. The van der Waals surface area contributed by atoms with Crippen molar-refractivity contribution in [2.75, 3.05) is 18.0 Å². The lowest BCUT2D eigenvalue weighted by atomic mass is 10.0. The molecule has 3 aromatic heterocycles. The topological polar surface area (TPSA) is 115 Å². The fraction of sp³-hybridized carbons (Fsp3) is 0.389. The lowest BCUT2D eigenvalue weighted by Gasteiger charge is -2.39. The van der Waals surface area contributed by atoms with Gasteiger partial charge >= 0.3 is 0 Å². The third-order valence-corrected chi connectivity index (χ3v) is 7.03. The van der Waals surface area contributed by atoms with Gasteiger partial charge in [0.2, 0.25) is 10.0 Å². The largest absolute Gasteiger partial charge is 0.366 e. The van der Waals surface area contributed by atoms with Crippen LogP contribution in [0.15, 0.2) is 30.9 Å². The van der Waals surface area contributed by atoms with Gasteiger partial charge in [0, 0.05) is 47.3 Å². The van der Waals surface area contributed by atoms with E-state index in [1.165, 1.54) is 0 Å². The Morgan fingerprint density at radius 2 is 2.22 bits per heavy atom. The summed E-state index contributed by atoms with van der Waals surface area (Å²) >= 11 is 0. The van der Waals surface area contributed by atoms with Crippen LogP contribution in [0.4, 0.5) is 5.69 Å². The Morgan fingerprint density at radius 1 is 1.37 bits per heavy atom. The van der Waals surface area contributed by atoms with Crippen LogP contribution in [0.5, 0.6) is 0 Å². The summed E-state index contributed by atoms with van der Waals surface area (Å²) in [5, 5.41) is 11.1. The molecule has 0 saturated carbocycles. The monoisotopic (exact) mass is 384 g/mol. The molecule has 1 saturated heterocycles. The highest BCUT2D eigenvalue weighted by Crippen LogP contribution is 2.35. The number of nitrogens with one attached hydrogen (secondary N) is 2. The fourth-order valence-corrected chi connectivity index (χ4v) is 5.10. The number of rotatable bonds is 4. The van der Waals surface area contributed by atoms with Crippen molar-refractivity contribution in [3.05, 3.63) is 30.9 Å². The third-order valence-electron chi connectivity index (χ3n) is 5.22. The number of H-pyrrole nitrogens is 1. The van der Waals surface area contributed by atoms with Crippen molar-refractivity contribution in [1.29, 1.82) is 5.26 Å². The number of fused-ring (bicyclic) bond motifs is 3. The number of nitrogens with zero attached hydrogens (tertiary/aromatic N) is 4. The molecule has 4 heterocycles. The molecular formula is C18H20N6O2S. The quantitative estimate of drug-likeness (QED) is 0.664. The molecule has 0 aromatic carbocycles. The van der Waals surface area contributed by atoms with Gasteiger partial charge in [-0.2, -0.15) is 5.26 Å². The van der Waals surface area contributed by atoms with E-state index in [0.717, 1.165) is 33.9 Å². The molecule has 1 aliphatic heterocycles. The van der Waals surface area contributed by atoms with Crippen LogP contribution in [0.1, 0.15) is 19.8 Å². The van der Waals surface area contributed by atoms with Crippen molar-refractivity contribution in [3.63, 3.8) is 0 Å². The van der Waals surface area contributed by atoms with Gasteiger partial charge in [-0.05, 0) is 25.8 Å². The fourth-order valence-electron chi connectivity index (χ4n) is 3.79. The van der Waals surface area contributed by atoms with Crippen LogP contribution in [0, 0.1) is 11.3 Å². The zero-order chi connectivity index (χ0) is 19.0. The molecule has 0 amide bonds. The van der Waals surface area contributed by atoms with Gasteiger partial charge in [-0.3, -0.25) is 4.98 Å². The molecule has 4 rings (SSSR count). The molecule has 27 heavy (non-hydrogen) atoms. The van der Waals surface area contributed by atoms with E-state index in [2.05, 4.69) is 31.5 Å². The van der Waals surface area contributed by atoms with Crippen molar-refractivity contribution in [2.24, 2.45) is 0 Å². The lowest BCUT2D eigenvalue weighted by Crippen LogP contribution is -2.50. The molecule has 2 atom stereocenters. The van der Waals surface area contributed by atoms with Crippen molar-refractivity contribution in [3.8, 4) is 6.07 Å². The Balaban J connectivity index is 1.78. The van der Waals surface area contributed by atoms with Gasteiger partial charge in [-0.25, -0.2) is 18.1 Å². The summed E-state index contributed by atoms with van der Waals surface area (Å²) in [5.41, 5.74) is 1.70. The van der Waals surface area contributed by atoms with E-state index >= 15 is 0 Å². The normalized spacial score (nSPS) is 20.8. The van der Waals surface area contributed by atoms with Gasteiger partial charge in [0.25, 0.3) is 0 Å². The highest BCUT2D eigenvalue weighted by atomic mass is 32.2. The third kappa shape index (κ3) is 3.11. The number of hydrogen-bond acceptors (Lipinski definition) is 6. The van der Waals surface area contributed by atoms with Crippen LogP contribution in [0.3, 0.4) is 0 Å². The number of nitriles is 1. The van der Waals surface area contributed by atoms with Crippen molar-refractivity contribution in [1.82, 2.24) is 19.7 Å². The van der Waals surface area contributed by atoms with Gasteiger partial charge in [0.05, 0.1) is 29.7 Å². The van der Waals surface area contributed by atoms with Gasteiger partial charge < -0.3 is 9.88 Å². The molecular weight excluding hydrogens is 364 g/mol. The van der Waals surface area contributed by atoms with E-state index in [9.17, 15) is 8.42 Å². The SMILES string of the molecule is CC1CCC(S(=O)(=O)NCC#N)CN1c1cncc2cnc3[nH]ccc3c12. The smallest absolute Gasteiger partial charge is 0.217 e. The highest BCUT2D eigenvalue weighted by Gasteiger charge is 2.34. The lowest BCUT2D eigenvalue weighted by molar-refractivity contribution is 0.469. The minimum atomic E-state index is -3.55. The van der Waals surface area contributed by atoms with Gasteiger partial charge in [0.15, 0.2) is 0 Å². The summed E-state index contributed by atoms with van der Waals surface area (Å²) < 4.78 is 27.5. The minimum absolute atomic E-state index is 0.182. The molecule has 3 aromatic rings. The van der Waals surface area contributed by atoms with E-state index in [-0.39, 0.29) is 12.6 Å². The molecule has 0 radical (unpaired) electrons. The predicted molar refractivity (Wildman–Crippen MR) is 104 cm³/mol. The maximum atomic E-state index is 12.5. The number of sulfonamides is 1. The molecule has 9 heteroatoms. The Hall–Kier alpha value is -2.70. The standard InChI is InChI=1S/C18H20N6O2S/c1-12-2-3-14(27(25,26)23-7-5-19)11-24(12)16-10-20-8-13-9-22-18-15(17(13)16)4-6-21-18/h4,6,8-10,12,14,23H,2-3,7,11H2,1H3,(H,21,22). The second kappa shape index (κ2) is 6.79. The predicted octanol–water partition coefficient (Wildman–Crippen LogP) is 1.91. The molecule has 1 aliphatic rings. The summed E-state index contributed by atoms with van der Waals surface area (Å²) in [4.78, 5) is 14.0. The van der Waals surface area contributed by atoms with E-state index in [0.29, 0.717) is 13.0 Å². The molecule has 0 bridgehead atoms. The van der Waals surface area contributed by atoms with E-state index in [4.69, 9.17) is 5.26 Å². The van der Waals surface area contributed by atoms with Gasteiger partial charge in [-0.15, -0.1) is 0 Å². The maximum absolute atomic E-state index is 12.5. The summed E-state index contributed by atoms with van der Waals surface area (Å²) in [6.07, 6.45) is 8.51. The van der Waals surface area contributed by atoms with Crippen LogP contribution in [0.25, 0.3) is 21.8 Å². The van der Waals surface area contributed by atoms with E-state index in [1.54, 1.807) is 18.6 Å². The summed E-state index contributed by atoms with van der Waals surface area (Å²) in [6.45, 7) is 2.25. The zero-order valence-corrected chi connectivity index (χ0v) is 15.7. The average Bonchev–Trinajstić information content (AvgIpc) is 3.15. The van der Waals surface area contributed by atoms with Crippen molar-refractivity contribution < 1.29 is 8.42 Å². The second-order valence-electron chi connectivity index (χ2n) is 6.85. The minimum Gasteiger partial charge on any atom is -0.366 e. The first-order valence-electron chi connectivity index (χ1n) is 8.83. The number of aromatic amines is 1. The molecule has 8 nitrogen and oxygen atoms in total. The van der Waals surface area contributed by atoms with E-state index < -0.39 is 15.3 Å². The molecule has 2 N–H and O–H groups in total. The van der Waals surface area contributed by atoms with Gasteiger partial charge in [-0.1, -0.05) is 0 Å². The number of aromatic nitrogens is 3. The number of piperidine rings is 1. The van der Waals surface area contributed by atoms with Crippen LogP contribution in [0.2, 0.25) is 0 Å². The molecule has 2 unspecified atom stereocenters. The van der Waals surface area contributed by atoms with Crippen molar-refractivity contribution >= 4 is 37.5 Å². The van der Waals surface area contributed by atoms with Crippen LogP contribution in [-0.4, -0.2) is 47.8 Å².